The Morgan fingerprint density at radius 2 is 1.41 bits per heavy atom. The van der Waals surface area contributed by atoms with E-state index in [1.54, 1.807) is 0 Å². The van der Waals surface area contributed by atoms with Gasteiger partial charge >= 0.3 is 0 Å². The van der Waals surface area contributed by atoms with Crippen LogP contribution in [0.5, 0.6) is 0 Å². The van der Waals surface area contributed by atoms with Crippen LogP contribution in [0.25, 0.3) is 0 Å². The minimum Gasteiger partial charge on any atom is -0.335 e. The maximum Gasteiger partial charge on any atom is 0.227 e. The summed E-state index contributed by atoms with van der Waals surface area (Å²) < 4.78 is 0. The summed E-state index contributed by atoms with van der Waals surface area (Å²) in [6.07, 6.45) is 2.60. The summed E-state index contributed by atoms with van der Waals surface area (Å²) in [5.74, 6) is 0.240. The summed E-state index contributed by atoms with van der Waals surface area (Å²) in [7, 11) is 2.16. The smallest absolute Gasteiger partial charge is 0.227 e. The fourth-order valence-electron chi connectivity index (χ4n) is 3.60. The van der Waals surface area contributed by atoms with Crippen molar-refractivity contribution in [1.82, 2.24) is 9.80 Å². The lowest BCUT2D eigenvalue weighted by Gasteiger charge is -2.37. The molecule has 0 unspecified atom stereocenters. The average Bonchev–Trinajstić information content (AvgIpc) is 2.64. The van der Waals surface area contributed by atoms with Crippen LogP contribution in [0.2, 0.25) is 0 Å². The highest BCUT2D eigenvalue weighted by molar-refractivity contribution is 5.85. The van der Waals surface area contributed by atoms with E-state index in [9.17, 15) is 4.79 Å². The topological polar surface area (TPSA) is 23.6 Å². The molecule has 0 bridgehead atoms. The summed E-state index contributed by atoms with van der Waals surface area (Å²) in [4.78, 5) is 17.6. The first kappa shape index (κ1) is 21.5. The molecular weight excluding hydrogens is 356 g/mol. The van der Waals surface area contributed by atoms with Gasteiger partial charge in [0.25, 0.3) is 0 Å². The van der Waals surface area contributed by atoms with Crippen LogP contribution in [0, 0.1) is 13.8 Å². The third kappa shape index (κ3) is 6.08. The maximum absolute atomic E-state index is 13.2. The predicted molar refractivity (Wildman–Crippen MR) is 114 cm³/mol. The highest BCUT2D eigenvalue weighted by Crippen LogP contribution is 2.20. The van der Waals surface area contributed by atoms with E-state index in [0.717, 1.165) is 31.5 Å². The molecule has 1 aliphatic heterocycles. The number of halogens is 1. The molecule has 1 fully saturated rings. The van der Waals surface area contributed by atoms with Crippen LogP contribution in [0.3, 0.4) is 0 Å². The molecule has 1 aliphatic rings. The normalized spacial score (nSPS) is 15.2. The standard InChI is InChI=1S/C23H30N2O.ClH/c1-18-4-8-20(9-5-18)16-23(26)25(22-12-14-24(3)15-13-22)17-21-10-6-19(2)7-11-21;/h4-11,22H,12-17H2,1-3H3;1H. The Morgan fingerprint density at radius 1 is 0.926 bits per heavy atom. The van der Waals surface area contributed by atoms with Gasteiger partial charge in [-0.2, -0.15) is 0 Å². The molecule has 2 aromatic carbocycles. The third-order valence-corrected chi connectivity index (χ3v) is 5.40. The second-order valence-electron chi connectivity index (χ2n) is 7.70. The van der Waals surface area contributed by atoms with Gasteiger partial charge in [-0.3, -0.25) is 4.79 Å². The van der Waals surface area contributed by atoms with Gasteiger partial charge in [0.1, 0.15) is 0 Å². The zero-order chi connectivity index (χ0) is 18.5. The molecule has 1 amide bonds. The van der Waals surface area contributed by atoms with Gasteiger partial charge in [0, 0.05) is 12.6 Å². The second-order valence-corrected chi connectivity index (χ2v) is 7.70. The Bertz CT molecular complexity index is 719. The molecule has 0 aromatic heterocycles. The molecule has 0 saturated carbocycles. The zero-order valence-corrected chi connectivity index (χ0v) is 17.5. The minimum absolute atomic E-state index is 0. The van der Waals surface area contributed by atoms with Crippen LogP contribution in [0.15, 0.2) is 48.5 Å². The molecule has 3 rings (SSSR count). The van der Waals surface area contributed by atoms with E-state index in [2.05, 4.69) is 79.2 Å². The number of carbonyl (C=O) groups is 1. The Hall–Kier alpha value is -1.84. The molecular formula is C23H31ClN2O. The number of likely N-dealkylation sites (tertiary alicyclic amines) is 1. The first-order valence-corrected chi connectivity index (χ1v) is 9.60. The number of benzene rings is 2. The van der Waals surface area contributed by atoms with Crippen LogP contribution < -0.4 is 0 Å². The summed E-state index contributed by atoms with van der Waals surface area (Å²) in [5.41, 5.74) is 4.80. The summed E-state index contributed by atoms with van der Waals surface area (Å²) in [6.45, 7) is 7.01. The lowest BCUT2D eigenvalue weighted by molar-refractivity contribution is -0.134. The van der Waals surface area contributed by atoms with Gasteiger partial charge in [-0.05, 0) is 58.0 Å². The van der Waals surface area contributed by atoms with Gasteiger partial charge in [0.2, 0.25) is 5.91 Å². The van der Waals surface area contributed by atoms with Crippen molar-refractivity contribution in [2.24, 2.45) is 0 Å². The molecule has 27 heavy (non-hydrogen) atoms. The van der Waals surface area contributed by atoms with Crippen LogP contribution >= 0.6 is 12.4 Å². The Labute approximate surface area is 169 Å². The van der Waals surface area contributed by atoms with Crippen LogP contribution in [0.1, 0.15) is 35.1 Å². The zero-order valence-electron chi connectivity index (χ0n) is 16.6. The number of carbonyl (C=O) groups excluding carboxylic acids is 1. The van der Waals surface area contributed by atoms with Gasteiger partial charge < -0.3 is 9.80 Å². The SMILES string of the molecule is Cc1ccc(CC(=O)N(Cc2ccc(C)cc2)C2CCN(C)CC2)cc1.Cl. The van der Waals surface area contributed by atoms with Crippen molar-refractivity contribution >= 4 is 18.3 Å². The molecule has 0 spiro atoms. The van der Waals surface area contributed by atoms with Crippen molar-refractivity contribution in [3.05, 3.63) is 70.8 Å². The van der Waals surface area contributed by atoms with Crippen LogP contribution in [0.4, 0.5) is 0 Å². The predicted octanol–water partition coefficient (Wildman–Crippen LogP) is 4.39. The Morgan fingerprint density at radius 3 is 1.93 bits per heavy atom. The van der Waals surface area contributed by atoms with E-state index in [4.69, 9.17) is 0 Å². The lowest BCUT2D eigenvalue weighted by Crippen LogP contribution is -2.46. The van der Waals surface area contributed by atoms with Gasteiger partial charge in [0.05, 0.1) is 6.42 Å². The number of amides is 1. The highest BCUT2D eigenvalue weighted by Gasteiger charge is 2.27. The number of rotatable bonds is 5. The van der Waals surface area contributed by atoms with Crippen molar-refractivity contribution in [2.45, 2.75) is 45.7 Å². The monoisotopic (exact) mass is 386 g/mol. The molecule has 4 heteroatoms. The molecule has 1 saturated heterocycles. The van der Waals surface area contributed by atoms with Crippen molar-refractivity contribution in [2.75, 3.05) is 20.1 Å². The van der Waals surface area contributed by atoms with Gasteiger partial charge in [-0.25, -0.2) is 0 Å². The highest BCUT2D eigenvalue weighted by atomic mass is 35.5. The van der Waals surface area contributed by atoms with Crippen LogP contribution in [-0.2, 0) is 17.8 Å². The minimum atomic E-state index is 0. The average molecular weight is 387 g/mol. The van der Waals surface area contributed by atoms with E-state index < -0.39 is 0 Å². The Kier molecular flexibility index (Phi) is 7.88. The van der Waals surface area contributed by atoms with E-state index in [1.807, 2.05) is 0 Å². The largest absolute Gasteiger partial charge is 0.335 e. The van der Waals surface area contributed by atoms with Gasteiger partial charge in [0.15, 0.2) is 0 Å². The number of aryl methyl sites for hydroxylation is 2. The van der Waals surface area contributed by atoms with E-state index in [0.29, 0.717) is 19.0 Å². The molecule has 0 N–H and O–H groups in total. The maximum atomic E-state index is 13.2. The molecule has 3 nitrogen and oxygen atoms in total. The van der Waals surface area contributed by atoms with Gasteiger partial charge in [-0.15, -0.1) is 12.4 Å². The molecule has 2 aromatic rings. The summed E-state index contributed by atoms with van der Waals surface area (Å²) in [5, 5.41) is 0. The van der Waals surface area contributed by atoms with Crippen molar-refractivity contribution in [3.8, 4) is 0 Å². The van der Waals surface area contributed by atoms with E-state index >= 15 is 0 Å². The first-order valence-electron chi connectivity index (χ1n) is 9.60. The summed E-state index contributed by atoms with van der Waals surface area (Å²) in [6, 6.07) is 17.2. The second kappa shape index (κ2) is 9.91. The quantitative estimate of drug-likeness (QED) is 0.760. The number of hydrogen-bond donors (Lipinski definition) is 0. The third-order valence-electron chi connectivity index (χ3n) is 5.40. The molecule has 0 atom stereocenters. The van der Waals surface area contributed by atoms with Gasteiger partial charge in [-0.1, -0.05) is 59.7 Å². The molecule has 146 valence electrons. The number of nitrogens with zero attached hydrogens (tertiary/aromatic N) is 2. The van der Waals surface area contributed by atoms with E-state index in [1.165, 1.54) is 16.7 Å². The first-order chi connectivity index (χ1) is 12.5. The molecule has 0 radical (unpaired) electrons. The van der Waals surface area contributed by atoms with Crippen molar-refractivity contribution in [3.63, 3.8) is 0 Å². The fourth-order valence-corrected chi connectivity index (χ4v) is 3.60. The van der Waals surface area contributed by atoms with Crippen LogP contribution in [-0.4, -0.2) is 41.9 Å². The van der Waals surface area contributed by atoms with E-state index in [-0.39, 0.29) is 18.3 Å². The summed E-state index contributed by atoms with van der Waals surface area (Å²) >= 11 is 0. The number of hydrogen-bond acceptors (Lipinski definition) is 2. The Balaban J connectivity index is 0.00000261. The molecule has 1 heterocycles. The van der Waals surface area contributed by atoms with Crippen molar-refractivity contribution in [1.29, 1.82) is 0 Å². The number of piperidine rings is 1. The fraction of sp³-hybridized carbons (Fsp3) is 0.435. The molecule has 0 aliphatic carbocycles. The lowest BCUT2D eigenvalue weighted by atomic mass is 10.0. The van der Waals surface area contributed by atoms with Crippen molar-refractivity contribution < 1.29 is 4.79 Å².